The highest BCUT2D eigenvalue weighted by Gasteiger charge is 2.25. The van der Waals surface area contributed by atoms with Crippen LogP contribution in [0.4, 0.5) is 26.1 Å². The van der Waals surface area contributed by atoms with Crippen molar-refractivity contribution in [1.29, 1.82) is 0 Å². The maximum Gasteiger partial charge on any atom is 0.410 e. The van der Waals surface area contributed by atoms with Crippen LogP contribution in [0.5, 0.6) is 0 Å². The Bertz CT molecular complexity index is 868. The maximum absolute atomic E-state index is 12.2. The molecule has 0 radical (unpaired) electrons. The van der Waals surface area contributed by atoms with Gasteiger partial charge in [0.2, 0.25) is 0 Å². The number of rotatable bonds is 4. The highest BCUT2D eigenvalue weighted by atomic mass is 32.1. The molecule has 2 heterocycles. The standard InChI is InChI=1S/C21H29N5O3S/c1-5-15-14-30-19(23-15)24-18(27)22-16-6-8-17(9-7-16)25-10-12-26(13-11-25)20(28)29-21(2,3)4/h6-9,14H,5,10-13H2,1-4H3,(H2,22,23,24,27). The second kappa shape index (κ2) is 9.34. The van der Waals surface area contributed by atoms with Crippen LogP contribution in [0.1, 0.15) is 33.4 Å². The number of carbonyl (C=O) groups excluding carboxylic acids is 2. The Labute approximate surface area is 181 Å². The summed E-state index contributed by atoms with van der Waals surface area (Å²) in [6.45, 7) is 10.3. The van der Waals surface area contributed by atoms with E-state index < -0.39 is 5.60 Å². The Hall–Kier alpha value is -2.81. The third-order valence-corrected chi connectivity index (χ3v) is 5.36. The molecule has 162 valence electrons. The van der Waals surface area contributed by atoms with Gasteiger partial charge in [-0.1, -0.05) is 6.92 Å². The molecule has 1 aliphatic heterocycles. The van der Waals surface area contributed by atoms with Gasteiger partial charge >= 0.3 is 12.1 Å². The molecule has 0 spiro atoms. The van der Waals surface area contributed by atoms with E-state index in [9.17, 15) is 9.59 Å². The molecule has 30 heavy (non-hydrogen) atoms. The number of aryl methyl sites for hydroxylation is 1. The molecule has 2 aromatic rings. The van der Waals surface area contributed by atoms with Gasteiger partial charge in [-0.3, -0.25) is 5.32 Å². The number of carbonyl (C=O) groups is 2. The molecule has 3 amide bonds. The summed E-state index contributed by atoms with van der Waals surface area (Å²) in [4.78, 5) is 32.6. The Balaban J connectivity index is 1.49. The van der Waals surface area contributed by atoms with E-state index in [4.69, 9.17) is 4.74 Å². The molecule has 1 aliphatic rings. The topological polar surface area (TPSA) is 86.8 Å². The van der Waals surface area contributed by atoms with Gasteiger partial charge in [0, 0.05) is 42.9 Å². The van der Waals surface area contributed by atoms with Crippen molar-refractivity contribution in [2.75, 3.05) is 41.7 Å². The summed E-state index contributed by atoms with van der Waals surface area (Å²) in [5, 5.41) is 8.10. The van der Waals surface area contributed by atoms with Crippen LogP contribution in [0.15, 0.2) is 29.6 Å². The quantitative estimate of drug-likeness (QED) is 0.749. The van der Waals surface area contributed by atoms with Crippen LogP contribution < -0.4 is 15.5 Å². The summed E-state index contributed by atoms with van der Waals surface area (Å²) in [7, 11) is 0. The first-order chi connectivity index (χ1) is 14.2. The molecule has 1 saturated heterocycles. The van der Waals surface area contributed by atoms with Gasteiger partial charge in [-0.25, -0.2) is 14.6 Å². The van der Waals surface area contributed by atoms with Crippen LogP contribution in [-0.2, 0) is 11.2 Å². The average Bonchev–Trinajstić information content (AvgIpc) is 3.15. The monoisotopic (exact) mass is 431 g/mol. The molecule has 1 fully saturated rings. The van der Waals surface area contributed by atoms with Crippen LogP contribution in [0.2, 0.25) is 0 Å². The predicted octanol–water partition coefficient (Wildman–Crippen LogP) is 4.41. The molecular weight excluding hydrogens is 402 g/mol. The van der Waals surface area contributed by atoms with E-state index >= 15 is 0 Å². The fourth-order valence-electron chi connectivity index (χ4n) is 3.02. The van der Waals surface area contributed by atoms with Crippen LogP contribution in [0, 0.1) is 0 Å². The zero-order chi connectivity index (χ0) is 21.7. The molecule has 9 heteroatoms. The lowest BCUT2D eigenvalue weighted by Gasteiger charge is -2.36. The lowest BCUT2D eigenvalue weighted by molar-refractivity contribution is 0.0240. The minimum Gasteiger partial charge on any atom is -0.444 e. The van der Waals surface area contributed by atoms with Gasteiger partial charge in [0.15, 0.2) is 5.13 Å². The molecule has 0 atom stereocenters. The number of hydrogen-bond acceptors (Lipinski definition) is 6. The Kier molecular flexibility index (Phi) is 6.81. The number of thiazole rings is 1. The number of urea groups is 1. The number of benzene rings is 1. The molecular formula is C21H29N5O3S. The Morgan fingerprint density at radius 3 is 2.33 bits per heavy atom. The molecule has 1 aromatic carbocycles. The zero-order valence-corrected chi connectivity index (χ0v) is 18.7. The van der Waals surface area contributed by atoms with Crippen molar-refractivity contribution in [3.05, 3.63) is 35.3 Å². The summed E-state index contributed by atoms with van der Waals surface area (Å²) in [5.41, 5.74) is 2.24. The molecule has 2 N–H and O–H groups in total. The maximum atomic E-state index is 12.2. The fraction of sp³-hybridized carbons (Fsp3) is 0.476. The Morgan fingerprint density at radius 2 is 1.77 bits per heavy atom. The lowest BCUT2D eigenvalue weighted by atomic mass is 10.2. The third kappa shape index (κ3) is 6.09. The molecule has 1 aromatic heterocycles. The summed E-state index contributed by atoms with van der Waals surface area (Å²) in [6.07, 6.45) is 0.576. The van der Waals surface area contributed by atoms with Gasteiger partial charge in [0.05, 0.1) is 5.69 Å². The third-order valence-electron chi connectivity index (χ3n) is 4.56. The molecule has 0 bridgehead atoms. The van der Waals surface area contributed by atoms with Gasteiger partial charge in [-0.2, -0.15) is 0 Å². The van der Waals surface area contributed by atoms with Crippen LogP contribution in [-0.4, -0.2) is 53.8 Å². The first kappa shape index (κ1) is 21.9. The highest BCUT2D eigenvalue weighted by molar-refractivity contribution is 7.13. The largest absolute Gasteiger partial charge is 0.444 e. The number of ether oxygens (including phenoxy) is 1. The van der Waals surface area contributed by atoms with Crippen molar-refractivity contribution in [1.82, 2.24) is 9.88 Å². The number of anilines is 3. The van der Waals surface area contributed by atoms with Crippen molar-refractivity contribution in [3.8, 4) is 0 Å². The van der Waals surface area contributed by atoms with Crippen LogP contribution >= 0.6 is 11.3 Å². The second-order valence-corrected chi connectivity index (χ2v) is 8.94. The molecule has 3 rings (SSSR count). The van der Waals surface area contributed by atoms with E-state index in [0.29, 0.717) is 23.9 Å². The average molecular weight is 432 g/mol. The summed E-state index contributed by atoms with van der Waals surface area (Å²) < 4.78 is 5.44. The summed E-state index contributed by atoms with van der Waals surface area (Å²) in [6, 6.07) is 7.36. The number of nitrogens with one attached hydrogen (secondary N) is 2. The highest BCUT2D eigenvalue weighted by Crippen LogP contribution is 2.21. The number of amides is 3. The van der Waals surface area contributed by atoms with E-state index in [2.05, 4.69) is 20.5 Å². The number of piperazine rings is 1. The van der Waals surface area contributed by atoms with Crippen LogP contribution in [0.25, 0.3) is 0 Å². The van der Waals surface area contributed by atoms with E-state index in [1.807, 2.05) is 57.3 Å². The second-order valence-electron chi connectivity index (χ2n) is 8.08. The van der Waals surface area contributed by atoms with Crippen molar-refractivity contribution in [2.45, 2.75) is 39.7 Å². The molecule has 0 unspecified atom stereocenters. The Morgan fingerprint density at radius 1 is 1.10 bits per heavy atom. The number of hydrogen-bond donors (Lipinski definition) is 2. The predicted molar refractivity (Wildman–Crippen MR) is 121 cm³/mol. The molecule has 0 saturated carbocycles. The van der Waals surface area contributed by atoms with E-state index in [-0.39, 0.29) is 12.1 Å². The summed E-state index contributed by atoms with van der Waals surface area (Å²) in [5.74, 6) is 0. The van der Waals surface area contributed by atoms with Gasteiger partial charge in [-0.05, 0) is 51.5 Å². The van der Waals surface area contributed by atoms with Gasteiger partial charge < -0.3 is 19.9 Å². The van der Waals surface area contributed by atoms with Crippen molar-refractivity contribution in [2.24, 2.45) is 0 Å². The lowest BCUT2D eigenvalue weighted by Crippen LogP contribution is -2.50. The zero-order valence-electron chi connectivity index (χ0n) is 17.9. The smallest absolute Gasteiger partial charge is 0.410 e. The number of nitrogens with zero attached hydrogens (tertiary/aromatic N) is 3. The van der Waals surface area contributed by atoms with Gasteiger partial charge in [0.1, 0.15) is 5.60 Å². The van der Waals surface area contributed by atoms with Crippen LogP contribution in [0.3, 0.4) is 0 Å². The minimum atomic E-state index is -0.485. The van der Waals surface area contributed by atoms with Gasteiger partial charge in [-0.15, -0.1) is 11.3 Å². The summed E-state index contributed by atoms with van der Waals surface area (Å²) >= 11 is 1.41. The fourth-order valence-corrected chi connectivity index (χ4v) is 3.80. The first-order valence-corrected chi connectivity index (χ1v) is 11.0. The van der Waals surface area contributed by atoms with Crippen molar-refractivity contribution >= 4 is 40.0 Å². The molecule has 0 aliphatic carbocycles. The normalized spacial score (nSPS) is 14.4. The SMILES string of the molecule is CCc1csc(NC(=O)Nc2ccc(N3CCN(C(=O)OC(C)(C)C)CC3)cc2)n1. The first-order valence-electron chi connectivity index (χ1n) is 10.1. The van der Waals surface area contributed by atoms with Gasteiger partial charge in [0.25, 0.3) is 0 Å². The van der Waals surface area contributed by atoms with Crippen molar-refractivity contribution < 1.29 is 14.3 Å². The van der Waals surface area contributed by atoms with E-state index in [1.165, 1.54) is 11.3 Å². The van der Waals surface area contributed by atoms with Crippen molar-refractivity contribution in [3.63, 3.8) is 0 Å². The molecule has 8 nitrogen and oxygen atoms in total. The number of aromatic nitrogens is 1. The minimum absolute atomic E-state index is 0.265. The van der Waals surface area contributed by atoms with E-state index in [0.717, 1.165) is 30.9 Å². The van der Waals surface area contributed by atoms with E-state index in [1.54, 1.807) is 4.90 Å².